The lowest BCUT2D eigenvalue weighted by Crippen LogP contribution is -2.28. The fraction of sp³-hybridized carbons (Fsp3) is 0.875. The van der Waals surface area contributed by atoms with Crippen LogP contribution in [0.25, 0.3) is 0 Å². The summed E-state index contributed by atoms with van der Waals surface area (Å²) in [6.07, 6.45) is 0.0752. The molecule has 2 aliphatic rings. The van der Waals surface area contributed by atoms with E-state index in [1.165, 1.54) is 0 Å². The number of alkyl halides is 2. The molecule has 2 nitrogen and oxygen atoms in total. The molecule has 4 heteroatoms. The normalized spacial score (nSPS) is 33.6. The third kappa shape index (κ3) is 1.57. The number of nitrogens with one attached hydrogen (secondary N) is 1. The average molecular weight is 175 g/mol. The van der Waals surface area contributed by atoms with E-state index in [0.29, 0.717) is 6.42 Å². The van der Waals surface area contributed by atoms with Crippen LogP contribution in [-0.4, -0.2) is 18.4 Å². The Morgan fingerprint density at radius 1 is 1.42 bits per heavy atom. The van der Waals surface area contributed by atoms with Gasteiger partial charge in [0.1, 0.15) is 0 Å². The van der Waals surface area contributed by atoms with Gasteiger partial charge >= 0.3 is 0 Å². The highest BCUT2D eigenvalue weighted by Gasteiger charge is 2.49. The van der Waals surface area contributed by atoms with Crippen molar-refractivity contribution in [3.63, 3.8) is 0 Å². The van der Waals surface area contributed by atoms with Gasteiger partial charge in [-0.05, 0) is 19.3 Å². The molecular weight excluding hydrogens is 164 g/mol. The average Bonchev–Trinajstić information content (AvgIpc) is 2.82. The molecule has 2 atom stereocenters. The van der Waals surface area contributed by atoms with Gasteiger partial charge in [-0.25, -0.2) is 8.78 Å². The van der Waals surface area contributed by atoms with E-state index in [1.54, 1.807) is 0 Å². The predicted octanol–water partition coefficient (Wildman–Crippen LogP) is 1.17. The fourth-order valence-electron chi connectivity index (χ4n) is 1.33. The van der Waals surface area contributed by atoms with Crippen molar-refractivity contribution in [1.29, 1.82) is 0 Å². The van der Waals surface area contributed by atoms with Crippen LogP contribution in [0.1, 0.15) is 19.3 Å². The number of rotatable bonds is 3. The fourth-order valence-corrected chi connectivity index (χ4v) is 1.33. The first-order chi connectivity index (χ1) is 5.68. The molecule has 0 aromatic heterocycles. The highest BCUT2D eigenvalue weighted by atomic mass is 19.3. The summed E-state index contributed by atoms with van der Waals surface area (Å²) in [7, 11) is 0. The molecule has 12 heavy (non-hydrogen) atoms. The Morgan fingerprint density at radius 3 is 2.50 bits per heavy atom. The molecular formula is C8H11F2NO. The summed E-state index contributed by atoms with van der Waals surface area (Å²) in [5, 5.41) is 2.73. The minimum Gasteiger partial charge on any atom is -0.353 e. The second-order valence-electron chi connectivity index (χ2n) is 3.62. The van der Waals surface area contributed by atoms with Gasteiger partial charge in [-0.1, -0.05) is 0 Å². The molecule has 2 rings (SSSR count). The number of amides is 1. The molecule has 0 aliphatic heterocycles. The molecule has 2 fully saturated rings. The molecule has 0 aromatic rings. The van der Waals surface area contributed by atoms with Crippen LogP contribution in [0.4, 0.5) is 8.78 Å². The predicted molar refractivity (Wildman–Crippen MR) is 38.8 cm³/mol. The zero-order valence-corrected chi connectivity index (χ0v) is 6.59. The van der Waals surface area contributed by atoms with Gasteiger partial charge in [0.25, 0.3) is 0 Å². The quantitative estimate of drug-likeness (QED) is 0.685. The van der Waals surface area contributed by atoms with Gasteiger partial charge in [-0.15, -0.1) is 0 Å². The van der Waals surface area contributed by atoms with E-state index >= 15 is 0 Å². The molecule has 2 aliphatic carbocycles. The van der Waals surface area contributed by atoms with Gasteiger partial charge < -0.3 is 5.32 Å². The summed E-state index contributed by atoms with van der Waals surface area (Å²) in [5.41, 5.74) is 0. The SMILES string of the molecule is O=C(NC1CC1)[C@H]1C[C@@H]1C(F)F. The van der Waals surface area contributed by atoms with Crippen molar-refractivity contribution in [3.05, 3.63) is 0 Å². The van der Waals surface area contributed by atoms with Crippen molar-refractivity contribution in [2.45, 2.75) is 31.7 Å². The summed E-state index contributed by atoms with van der Waals surface area (Å²) in [4.78, 5) is 11.1. The molecule has 0 heterocycles. The molecule has 1 amide bonds. The molecule has 0 unspecified atom stereocenters. The van der Waals surface area contributed by atoms with Crippen molar-refractivity contribution in [2.75, 3.05) is 0 Å². The smallest absolute Gasteiger partial charge is 0.242 e. The largest absolute Gasteiger partial charge is 0.353 e. The Bertz CT molecular complexity index is 203. The molecule has 0 radical (unpaired) electrons. The second-order valence-corrected chi connectivity index (χ2v) is 3.62. The zero-order valence-electron chi connectivity index (χ0n) is 6.59. The summed E-state index contributed by atoms with van der Waals surface area (Å²) < 4.78 is 24.0. The van der Waals surface area contributed by atoms with Crippen LogP contribution in [0.3, 0.4) is 0 Å². The van der Waals surface area contributed by atoms with E-state index in [-0.39, 0.29) is 11.9 Å². The molecule has 0 spiro atoms. The van der Waals surface area contributed by atoms with Crippen LogP contribution in [0.15, 0.2) is 0 Å². The van der Waals surface area contributed by atoms with Crippen LogP contribution < -0.4 is 5.32 Å². The lowest BCUT2D eigenvalue weighted by molar-refractivity contribution is -0.123. The van der Waals surface area contributed by atoms with Crippen LogP contribution in [0.5, 0.6) is 0 Å². The third-order valence-electron chi connectivity index (χ3n) is 2.42. The van der Waals surface area contributed by atoms with Crippen molar-refractivity contribution in [2.24, 2.45) is 11.8 Å². The Morgan fingerprint density at radius 2 is 2.08 bits per heavy atom. The van der Waals surface area contributed by atoms with Crippen LogP contribution in [0.2, 0.25) is 0 Å². The Hall–Kier alpha value is -0.670. The molecule has 2 saturated carbocycles. The van der Waals surface area contributed by atoms with Crippen molar-refractivity contribution in [3.8, 4) is 0 Å². The lowest BCUT2D eigenvalue weighted by atomic mass is 10.3. The van der Waals surface area contributed by atoms with Crippen LogP contribution in [0, 0.1) is 11.8 Å². The van der Waals surface area contributed by atoms with E-state index in [9.17, 15) is 13.6 Å². The van der Waals surface area contributed by atoms with Crippen molar-refractivity contribution < 1.29 is 13.6 Å². The van der Waals surface area contributed by atoms with E-state index in [1.807, 2.05) is 0 Å². The van der Waals surface area contributed by atoms with Gasteiger partial charge in [0.2, 0.25) is 12.3 Å². The maximum Gasteiger partial charge on any atom is 0.242 e. The van der Waals surface area contributed by atoms with Crippen LogP contribution >= 0.6 is 0 Å². The minimum absolute atomic E-state index is 0.164. The van der Waals surface area contributed by atoms with E-state index < -0.39 is 18.3 Å². The van der Waals surface area contributed by atoms with Gasteiger partial charge in [-0.2, -0.15) is 0 Å². The van der Waals surface area contributed by atoms with Crippen molar-refractivity contribution >= 4 is 5.91 Å². The summed E-state index contributed by atoms with van der Waals surface area (Å²) in [5.74, 6) is -1.22. The summed E-state index contributed by atoms with van der Waals surface area (Å²) >= 11 is 0. The van der Waals surface area contributed by atoms with Gasteiger partial charge in [0.15, 0.2) is 0 Å². The molecule has 1 N–H and O–H groups in total. The first-order valence-corrected chi connectivity index (χ1v) is 4.27. The first-order valence-electron chi connectivity index (χ1n) is 4.27. The maximum atomic E-state index is 12.0. The van der Waals surface area contributed by atoms with E-state index in [2.05, 4.69) is 5.32 Å². The Kier molecular flexibility index (Phi) is 1.77. The van der Waals surface area contributed by atoms with E-state index in [4.69, 9.17) is 0 Å². The van der Waals surface area contributed by atoms with Crippen molar-refractivity contribution in [1.82, 2.24) is 5.32 Å². The van der Waals surface area contributed by atoms with Gasteiger partial charge in [-0.3, -0.25) is 4.79 Å². The third-order valence-corrected chi connectivity index (χ3v) is 2.42. The molecule has 0 saturated heterocycles. The highest BCUT2D eigenvalue weighted by Crippen LogP contribution is 2.43. The monoisotopic (exact) mass is 175 g/mol. The molecule has 0 aromatic carbocycles. The summed E-state index contributed by atoms with van der Waals surface area (Å²) in [6.45, 7) is 0. The molecule has 68 valence electrons. The van der Waals surface area contributed by atoms with Crippen LogP contribution in [-0.2, 0) is 4.79 Å². The minimum atomic E-state index is -2.32. The maximum absolute atomic E-state index is 12.0. The van der Waals surface area contributed by atoms with Gasteiger partial charge in [0, 0.05) is 17.9 Å². The first kappa shape index (κ1) is 7.95. The number of halogens is 2. The topological polar surface area (TPSA) is 29.1 Å². The van der Waals surface area contributed by atoms with Gasteiger partial charge in [0.05, 0.1) is 0 Å². The number of carbonyl (C=O) groups is 1. The Balaban J connectivity index is 1.75. The lowest BCUT2D eigenvalue weighted by Gasteiger charge is -2.01. The standard InChI is InChI=1S/C8H11F2NO/c9-7(10)5-3-6(5)8(12)11-4-1-2-4/h4-7H,1-3H2,(H,11,12)/t5-,6-/m0/s1. The highest BCUT2D eigenvalue weighted by molar-refractivity contribution is 5.82. The second kappa shape index (κ2) is 2.68. The number of hydrogen-bond acceptors (Lipinski definition) is 1. The zero-order chi connectivity index (χ0) is 8.72. The summed E-state index contributed by atoms with van der Waals surface area (Å²) in [6, 6.07) is 0.288. The number of hydrogen-bond donors (Lipinski definition) is 1. The number of carbonyl (C=O) groups excluding carboxylic acids is 1. The Labute approximate surface area is 69.3 Å². The van der Waals surface area contributed by atoms with E-state index in [0.717, 1.165) is 12.8 Å². The molecule has 0 bridgehead atoms.